The van der Waals surface area contributed by atoms with Crippen LogP contribution < -0.4 is 4.74 Å². The summed E-state index contributed by atoms with van der Waals surface area (Å²) in [6, 6.07) is 1.86. The van der Waals surface area contributed by atoms with Gasteiger partial charge in [0.1, 0.15) is 6.61 Å². The molecule has 4 heteroatoms. The fourth-order valence-electron chi connectivity index (χ4n) is 1.09. The van der Waals surface area contributed by atoms with Gasteiger partial charge in [0.25, 0.3) is 0 Å². The number of hydrogen-bond donors (Lipinski definition) is 1. The molecule has 0 atom stereocenters. The summed E-state index contributed by atoms with van der Waals surface area (Å²) < 4.78 is 6.35. The minimum Gasteiger partial charge on any atom is -0.475 e. The van der Waals surface area contributed by atoms with Gasteiger partial charge in [-0.3, -0.25) is 0 Å². The Hall–Kier alpha value is -0.610. The molecule has 1 aliphatic rings. The van der Waals surface area contributed by atoms with Gasteiger partial charge in [0.2, 0.25) is 5.88 Å². The lowest BCUT2D eigenvalue weighted by atomic mass is 10.3. The zero-order valence-electron chi connectivity index (χ0n) is 7.96. The van der Waals surface area contributed by atoms with E-state index in [2.05, 4.69) is 20.9 Å². The van der Waals surface area contributed by atoms with Crippen LogP contribution in [0.25, 0.3) is 0 Å². The van der Waals surface area contributed by atoms with E-state index in [1.54, 1.807) is 6.20 Å². The fourth-order valence-corrected chi connectivity index (χ4v) is 1.31. The second kappa shape index (κ2) is 3.51. The van der Waals surface area contributed by atoms with Crippen LogP contribution in [0.2, 0.25) is 0 Å². The average Bonchev–Trinajstić information content (AvgIpc) is 2.87. The lowest BCUT2D eigenvalue weighted by Crippen LogP contribution is -2.18. The molecule has 1 saturated carbocycles. The number of hydrogen-bond acceptors (Lipinski definition) is 3. The van der Waals surface area contributed by atoms with Crippen molar-refractivity contribution in [3.8, 4) is 5.88 Å². The smallest absolute Gasteiger partial charge is 0.213 e. The topological polar surface area (TPSA) is 42.4 Å². The molecule has 76 valence electrons. The van der Waals surface area contributed by atoms with Crippen LogP contribution in [0.3, 0.4) is 0 Å². The predicted molar refractivity (Wildman–Crippen MR) is 56.4 cm³/mol. The molecule has 1 heterocycles. The van der Waals surface area contributed by atoms with E-state index in [9.17, 15) is 5.11 Å². The van der Waals surface area contributed by atoms with E-state index in [4.69, 9.17) is 4.74 Å². The first-order valence-electron chi connectivity index (χ1n) is 4.56. The van der Waals surface area contributed by atoms with Crippen LogP contribution in [0.5, 0.6) is 5.88 Å². The van der Waals surface area contributed by atoms with Gasteiger partial charge in [-0.1, -0.05) is 0 Å². The molecule has 1 N–H and O–H groups in total. The highest BCUT2D eigenvalue weighted by molar-refractivity contribution is 9.10. The molecule has 0 radical (unpaired) electrons. The normalized spacial score (nSPS) is 17.9. The highest BCUT2D eigenvalue weighted by Crippen LogP contribution is 2.35. The van der Waals surface area contributed by atoms with Crippen molar-refractivity contribution < 1.29 is 9.84 Å². The van der Waals surface area contributed by atoms with Gasteiger partial charge in [0, 0.05) is 16.7 Å². The zero-order chi connectivity index (χ0) is 10.2. The number of halogens is 1. The van der Waals surface area contributed by atoms with E-state index < -0.39 is 5.60 Å². The zero-order valence-corrected chi connectivity index (χ0v) is 9.54. The summed E-state index contributed by atoms with van der Waals surface area (Å²) in [4.78, 5) is 4.09. The second-order valence-electron chi connectivity index (χ2n) is 3.78. The van der Waals surface area contributed by atoms with Gasteiger partial charge in [-0.2, -0.15) is 0 Å². The van der Waals surface area contributed by atoms with Crippen molar-refractivity contribution in [3.05, 3.63) is 22.3 Å². The van der Waals surface area contributed by atoms with Crippen LogP contribution in [0.4, 0.5) is 0 Å². The van der Waals surface area contributed by atoms with E-state index in [0.717, 1.165) is 22.9 Å². The van der Waals surface area contributed by atoms with Crippen molar-refractivity contribution in [2.24, 2.45) is 0 Å². The van der Waals surface area contributed by atoms with E-state index in [1.807, 2.05) is 13.0 Å². The van der Waals surface area contributed by atoms with Gasteiger partial charge in [-0.05, 0) is 41.3 Å². The number of pyridine rings is 1. The third kappa shape index (κ3) is 2.25. The molecule has 2 rings (SSSR count). The van der Waals surface area contributed by atoms with Crippen molar-refractivity contribution in [2.45, 2.75) is 25.4 Å². The molecule has 0 amide bonds. The summed E-state index contributed by atoms with van der Waals surface area (Å²) in [5, 5.41) is 9.55. The Morgan fingerprint density at radius 2 is 2.36 bits per heavy atom. The van der Waals surface area contributed by atoms with Crippen LogP contribution in [0, 0.1) is 6.92 Å². The molecule has 1 fully saturated rings. The third-order valence-corrected chi connectivity index (χ3v) is 3.17. The number of nitrogens with zero attached hydrogens (tertiary/aromatic N) is 1. The first kappa shape index (κ1) is 9.93. The molecule has 0 spiro atoms. The molecule has 0 unspecified atom stereocenters. The van der Waals surface area contributed by atoms with Gasteiger partial charge >= 0.3 is 0 Å². The number of rotatable bonds is 3. The molecule has 1 aromatic heterocycles. The quantitative estimate of drug-likeness (QED) is 0.902. The molecule has 0 aliphatic heterocycles. The predicted octanol–water partition coefficient (Wildman–Crippen LogP) is 2.06. The first-order chi connectivity index (χ1) is 6.59. The number of aliphatic hydroxyl groups is 1. The number of ether oxygens (including phenoxy) is 1. The van der Waals surface area contributed by atoms with Gasteiger partial charge in [-0.15, -0.1) is 0 Å². The van der Waals surface area contributed by atoms with E-state index >= 15 is 0 Å². The Labute approximate surface area is 91.2 Å². The Morgan fingerprint density at radius 1 is 1.64 bits per heavy atom. The molecule has 0 aromatic carbocycles. The molecule has 1 aromatic rings. The molecule has 14 heavy (non-hydrogen) atoms. The van der Waals surface area contributed by atoms with Crippen molar-refractivity contribution in [1.82, 2.24) is 4.98 Å². The highest BCUT2D eigenvalue weighted by atomic mass is 79.9. The Bertz CT molecular complexity index is 350. The Morgan fingerprint density at radius 3 is 2.93 bits per heavy atom. The van der Waals surface area contributed by atoms with Crippen LogP contribution >= 0.6 is 15.9 Å². The average molecular weight is 258 g/mol. The molecular weight excluding hydrogens is 246 g/mol. The molecule has 0 saturated heterocycles. The van der Waals surface area contributed by atoms with Gasteiger partial charge in [-0.25, -0.2) is 4.98 Å². The summed E-state index contributed by atoms with van der Waals surface area (Å²) in [6.07, 6.45) is 3.38. The summed E-state index contributed by atoms with van der Waals surface area (Å²) in [5.41, 5.74) is 0.501. The minimum atomic E-state index is -0.581. The van der Waals surface area contributed by atoms with E-state index in [0.29, 0.717) is 12.5 Å². The Kier molecular flexibility index (Phi) is 2.49. The minimum absolute atomic E-state index is 0.348. The number of aromatic nitrogens is 1. The highest BCUT2D eigenvalue weighted by Gasteiger charge is 2.41. The van der Waals surface area contributed by atoms with E-state index in [1.165, 1.54) is 0 Å². The summed E-state index contributed by atoms with van der Waals surface area (Å²) >= 11 is 3.36. The molecular formula is C10H12BrNO2. The fraction of sp³-hybridized carbons (Fsp3) is 0.500. The SMILES string of the molecule is Cc1cc(OCC2(O)CC2)ncc1Br. The first-order valence-corrected chi connectivity index (χ1v) is 5.36. The van der Waals surface area contributed by atoms with Crippen LogP contribution in [0.15, 0.2) is 16.7 Å². The maximum absolute atomic E-state index is 9.55. The van der Waals surface area contributed by atoms with Crippen molar-refractivity contribution in [2.75, 3.05) is 6.61 Å². The van der Waals surface area contributed by atoms with E-state index in [-0.39, 0.29) is 0 Å². The third-order valence-electron chi connectivity index (χ3n) is 2.34. The van der Waals surface area contributed by atoms with Gasteiger partial charge in [0.15, 0.2) is 0 Å². The molecule has 1 aliphatic carbocycles. The lowest BCUT2D eigenvalue weighted by molar-refractivity contribution is 0.0833. The van der Waals surface area contributed by atoms with Crippen LogP contribution in [0.1, 0.15) is 18.4 Å². The van der Waals surface area contributed by atoms with Crippen molar-refractivity contribution >= 4 is 15.9 Å². The Balaban J connectivity index is 1.99. The van der Waals surface area contributed by atoms with Crippen molar-refractivity contribution in [1.29, 1.82) is 0 Å². The van der Waals surface area contributed by atoms with Crippen LogP contribution in [-0.2, 0) is 0 Å². The monoisotopic (exact) mass is 257 g/mol. The summed E-state index contributed by atoms with van der Waals surface area (Å²) in [7, 11) is 0. The van der Waals surface area contributed by atoms with Gasteiger partial charge in [0.05, 0.1) is 5.60 Å². The largest absolute Gasteiger partial charge is 0.475 e. The lowest BCUT2D eigenvalue weighted by Gasteiger charge is -2.09. The number of aryl methyl sites for hydroxylation is 1. The molecule has 3 nitrogen and oxygen atoms in total. The summed E-state index contributed by atoms with van der Waals surface area (Å²) in [6.45, 7) is 2.32. The maximum Gasteiger partial charge on any atom is 0.213 e. The standard InChI is InChI=1S/C10H12BrNO2/c1-7-4-9(12-5-8(7)11)14-6-10(13)2-3-10/h4-5,13H,2-3,6H2,1H3. The van der Waals surface area contributed by atoms with Crippen molar-refractivity contribution in [3.63, 3.8) is 0 Å². The van der Waals surface area contributed by atoms with Gasteiger partial charge < -0.3 is 9.84 Å². The maximum atomic E-state index is 9.55. The summed E-state index contributed by atoms with van der Waals surface area (Å²) in [5.74, 6) is 0.575. The van der Waals surface area contributed by atoms with Crippen LogP contribution in [-0.4, -0.2) is 22.3 Å². The second-order valence-corrected chi connectivity index (χ2v) is 4.64. The molecule has 0 bridgehead atoms.